The van der Waals surface area contributed by atoms with E-state index in [1.165, 1.54) is 0 Å². The molecule has 0 aromatic carbocycles. The van der Waals surface area contributed by atoms with Gasteiger partial charge in [0.2, 0.25) is 0 Å². The van der Waals surface area contributed by atoms with E-state index in [0.717, 1.165) is 12.8 Å². The molecule has 0 heterocycles. The van der Waals surface area contributed by atoms with Crippen molar-refractivity contribution in [2.75, 3.05) is 13.2 Å². The smallest absolute Gasteiger partial charge is 0.364 e. The van der Waals surface area contributed by atoms with Crippen LogP contribution in [0.1, 0.15) is 53.4 Å². The van der Waals surface area contributed by atoms with Crippen molar-refractivity contribution in [3.63, 3.8) is 0 Å². The van der Waals surface area contributed by atoms with Crippen LogP contribution in [0.15, 0.2) is 0 Å². The zero-order chi connectivity index (χ0) is 14.7. The SMILES string of the molecule is CC1CCCC(CNC(C)(C)C)(OCC(F)(F)F)C1. The minimum absolute atomic E-state index is 0.116. The summed E-state index contributed by atoms with van der Waals surface area (Å²) < 4.78 is 42.5. The molecule has 1 aliphatic carbocycles. The average Bonchev–Trinajstić information content (AvgIpc) is 2.22. The van der Waals surface area contributed by atoms with Crippen molar-refractivity contribution in [1.29, 1.82) is 0 Å². The minimum atomic E-state index is -4.25. The first kappa shape index (κ1) is 16.8. The number of alkyl halides is 3. The maximum absolute atomic E-state index is 12.4. The highest BCUT2D eigenvalue weighted by atomic mass is 19.4. The van der Waals surface area contributed by atoms with Gasteiger partial charge in [-0.05, 0) is 39.5 Å². The number of hydrogen-bond donors (Lipinski definition) is 1. The number of rotatable bonds is 4. The average molecular weight is 281 g/mol. The highest BCUT2D eigenvalue weighted by molar-refractivity contribution is 4.91. The van der Waals surface area contributed by atoms with Crippen molar-refractivity contribution in [3.05, 3.63) is 0 Å². The molecule has 0 aromatic heterocycles. The fraction of sp³-hybridized carbons (Fsp3) is 1.00. The van der Waals surface area contributed by atoms with E-state index in [9.17, 15) is 13.2 Å². The van der Waals surface area contributed by atoms with Crippen molar-refractivity contribution in [1.82, 2.24) is 5.32 Å². The van der Waals surface area contributed by atoms with E-state index in [4.69, 9.17) is 4.74 Å². The summed E-state index contributed by atoms with van der Waals surface area (Å²) in [5.74, 6) is 0.420. The zero-order valence-corrected chi connectivity index (χ0v) is 12.4. The molecule has 114 valence electrons. The van der Waals surface area contributed by atoms with Crippen molar-refractivity contribution in [2.45, 2.75) is 70.7 Å². The van der Waals surface area contributed by atoms with Crippen LogP contribution in [-0.4, -0.2) is 30.5 Å². The quantitative estimate of drug-likeness (QED) is 0.843. The number of halogens is 3. The van der Waals surface area contributed by atoms with E-state index in [2.05, 4.69) is 12.2 Å². The van der Waals surface area contributed by atoms with E-state index in [1.807, 2.05) is 20.8 Å². The Kier molecular flexibility index (Phi) is 5.29. The summed E-state index contributed by atoms with van der Waals surface area (Å²) in [6.45, 7) is 7.45. The van der Waals surface area contributed by atoms with Crippen LogP contribution in [0.25, 0.3) is 0 Å². The minimum Gasteiger partial charge on any atom is -0.364 e. The molecule has 1 N–H and O–H groups in total. The van der Waals surface area contributed by atoms with Crippen LogP contribution in [0.2, 0.25) is 0 Å². The molecule has 0 saturated heterocycles. The largest absolute Gasteiger partial charge is 0.411 e. The molecular formula is C14H26F3NO. The Hall–Kier alpha value is -0.290. The third-order valence-corrected chi connectivity index (χ3v) is 3.53. The lowest BCUT2D eigenvalue weighted by atomic mass is 9.78. The molecule has 0 spiro atoms. The van der Waals surface area contributed by atoms with Gasteiger partial charge in [0, 0.05) is 12.1 Å². The first-order valence-electron chi connectivity index (χ1n) is 6.97. The Labute approximate surface area is 114 Å². The summed E-state index contributed by atoms with van der Waals surface area (Å²) in [5, 5.41) is 3.30. The van der Waals surface area contributed by atoms with Gasteiger partial charge in [-0.1, -0.05) is 19.8 Å². The molecule has 0 radical (unpaired) electrons. The van der Waals surface area contributed by atoms with Crippen molar-refractivity contribution >= 4 is 0 Å². The van der Waals surface area contributed by atoms with Gasteiger partial charge >= 0.3 is 6.18 Å². The lowest BCUT2D eigenvalue weighted by Crippen LogP contribution is -2.52. The van der Waals surface area contributed by atoms with Gasteiger partial charge in [0.05, 0.1) is 5.60 Å². The molecule has 2 unspecified atom stereocenters. The summed E-state index contributed by atoms with van der Waals surface area (Å²) >= 11 is 0. The third-order valence-electron chi connectivity index (χ3n) is 3.53. The van der Waals surface area contributed by atoms with Crippen LogP contribution >= 0.6 is 0 Å². The van der Waals surface area contributed by atoms with Gasteiger partial charge in [-0.15, -0.1) is 0 Å². The molecule has 0 aromatic rings. The zero-order valence-electron chi connectivity index (χ0n) is 12.4. The Morgan fingerprint density at radius 3 is 2.37 bits per heavy atom. The Balaban J connectivity index is 2.66. The standard InChI is InChI=1S/C14H26F3NO/c1-11-6-5-7-13(8-11,9-18-12(2,3)4)19-10-14(15,16)17/h11,18H,5-10H2,1-4H3. The van der Waals surface area contributed by atoms with E-state index < -0.39 is 18.4 Å². The predicted molar refractivity (Wildman–Crippen MR) is 70.1 cm³/mol. The lowest BCUT2D eigenvalue weighted by molar-refractivity contribution is -0.213. The number of hydrogen-bond acceptors (Lipinski definition) is 2. The van der Waals surface area contributed by atoms with E-state index in [-0.39, 0.29) is 5.54 Å². The third kappa shape index (κ3) is 6.61. The second kappa shape index (κ2) is 6.00. The number of nitrogens with one attached hydrogen (secondary N) is 1. The topological polar surface area (TPSA) is 21.3 Å². The van der Waals surface area contributed by atoms with E-state index in [1.54, 1.807) is 0 Å². The Bertz CT molecular complexity index is 265. The predicted octanol–water partition coefficient (Wildman–Crippen LogP) is 3.90. The summed E-state index contributed by atoms with van der Waals surface area (Å²) in [7, 11) is 0. The maximum Gasteiger partial charge on any atom is 0.411 e. The van der Waals surface area contributed by atoms with Crippen molar-refractivity contribution < 1.29 is 17.9 Å². The summed E-state index contributed by atoms with van der Waals surface area (Å²) in [6.07, 6.45) is -0.838. The summed E-state index contributed by atoms with van der Waals surface area (Å²) in [6, 6.07) is 0. The Morgan fingerprint density at radius 1 is 1.26 bits per heavy atom. The number of ether oxygens (including phenoxy) is 1. The second-order valence-electron chi connectivity index (χ2n) is 6.89. The molecule has 5 heteroatoms. The normalized spacial score (nSPS) is 29.5. The van der Waals surface area contributed by atoms with Crippen molar-refractivity contribution in [3.8, 4) is 0 Å². The lowest BCUT2D eigenvalue weighted by Gasteiger charge is -2.42. The molecule has 1 saturated carbocycles. The maximum atomic E-state index is 12.4. The van der Waals surface area contributed by atoms with Gasteiger partial charge in [0.1, 0.15) is 6.61 Å². The van der Waals surface area contributed by atoms with E-state index >= 15 is 0 Å². The first-order chi connectivity index (χ1) is 8.52. The second-order valence-corrected chi connectivity index (χ2v) is 6.89. The van der Waals surface area contributed by atoms with Crippen molar-refractivity contribution in [2.24, 2.45) is 5.92 Å². The summed E-state index contributed by atoms with van der Waals surface area (Å²) in [5.41, 5.74) is -0.782. The molecule has 0 amide bonds. The highest BCUT2D eigenvalue weighted by Crippen LogP contribution is 2.36. The Morgan fingerprint density at radius 2 is 1.89 bits per heavy atom. The molecule has 1 fully saturated rings. The molecular weight excluding hydrogens is 255 g/mol. The van der Waals surface area contributed by atoms with Gasteiger partial charge < -0.3 is 10.1 Å². The molecule has 19 heavy (non-hydrogen) atoms. The fourth-order valence-electron chi connectivity index (χ4n) is 2.62. The van der Waals surface area contributed by atoms with Gasteiger partial charge in [0.25, 0.3) is 0 Å². The fourth-order valence-corrected chi connectivity index (χ4v) is 2.62. The van der Waals surface area contributed by atoms with Crippen LogP contribution in [0.3, 0.4) is 0 Å². The summed E-state index contributed by atoms with van der Waals surface area (Å²) in [4.78, 5) is 0. The van der Waals surface area contributed by atoms with Gasteiger partial charge in [0.15, 0.2) is 0 Å². The van der Waals surface area contributed by atoms with Gasteiger partial charge in [-0.2, -0.15) is 13.2 Å². The van der Waals surface area contributed by atoms with Gasteiger partial charge in [-0.3, -0.25) is 0 Å². The monoisotopic (exact) mass is 281 g/mol. The molecule has 2 atom stereocenters. The van der Waals surface area contributed by atoms with Crippen LogP contribution in [0.5, 0.6) is 0 Å². The van der Waals surface area contributed by atoms with Crippen LogP contribution in [0.4, 0.5) is 13.2 Å². The molecule has 1 rings (SSSR count). The van der Waals surface area contributed by atoms with Gasteiger partial charge in [-0.25, -0.2) is 0 Å². The molecule has 2 nitrogen and oxygen atoms in total. The highest BCUT2D eigenvalue weighted by Gasteiger charge is 2.40. The van der Waals surface area contributed by atoms with Crippen LogP contribution < -0.4 is 5.32 Å². The van der Waals surface area contributed by atoms with Crippen LogP contribution in [0, 0.1) is 5.92 Å². The molecule has 0 bridgehead atoms. The molecule has 0 aliphatic heterocycles. The van der Waals surface area contributed by atoms with Crippen LogP contribution in [-0.2, 0) is 4.74 Å². The first-order valence-corrected chi connectivity index (χ1v) is 6.97. The molecule has 1 aliphatic rings. The van der Waals surface area contributed by atoms with E-state index in [0.29, 0.717) is 25.3 Å².